The lowest BCUT2D eigenvalue weighted by atomic mass is 10.0. The van der Waals surface area contributed by atoms with Gasteiger partial charge in [-0.1, -0.05) is 6.07 Å². The molecule has 2 heterocycles. The van der Waals surface area contributed by atoms with Crippen molar-refractivity contribution in [1.29, 1.82) is 0 Å². The summed E-state index contributed by atoms with van der Waals surface area (Å²) in [4.78, 5) is 37.1. The zero-order valence-electron chi connectivity index (χ0n) is 16.0. The van der Waals surface area contributed by atoms with Gasteiger partial charge in [0.25, 0.3) is 5.69 Å². The zero-order chi connectivity index (χ0) is 20.1. The van der Waals surface area contributed by atoms with Crippen LogP contribution < -0.4 is 10.6 Å². The topological polar surface area (TPSA) is 114 Å². The average Bonchev–Trinajstić information content (AvgIpc) is 3.18. The maximum absolute atomic E-state index is 12.2. The fraction of sp³-hybridized carbons (Fsp3) is 0.579. The molecule has 2 fully saturated rings. The molecule has 1 unspecified atom stereocenters. The molecule has 0 spiro atoms. The highest BCUT2D eigenvalue weighted by atomic mass is 16.6. The Morgan fingerprint density at radius 3 is 2.64 bits per heavy atom. The summed E-state index contributed by atoms with van der Waals surface area (Å²) in [7, 11) is 0. The first-order chi connectivity index (χ1) is 13.4. The predicted molar refractivity (Wildman–Crippen MR) is 103 cm³/mol. The van der Waals surface area contributed by atoms with Crippen LogP contribution in [0.5, 0.6) is 0 Å². The van der Waals surface area contributed by atoms with Crippen molar-refractivity contribution >= 4 is 23.2 Å². The van der Waals surface area contributed by atoms with Crippen LogP contribution in [0.4, 0.5) is 11.4 Å². The zero-order valence-corrected chi connectivity index (χ0v) is 16.0. The Kier molecular flexibility index (Phi) is 6.58. The summed E-state index contributed by atoms with van der Waals surface area (Å²) >= 11 is 0. The van der Waals surface area contributed by atoms with Gasteiger partial charge in [0.1, 0.15) is 0 Å². The van der Waals surface area contributed by atoms with E-state index < -0.39 is 16.7 Å². The molecule has 0 saturated carbocycles. The van der Waals surface area contributed by atoms with Crippen LogP contribution >= 0.6 is 0 Å². The number of nitro groups is 1. The van der Waals surface area contributed by atoms with Crippen molar-refractivity contribution in [1.82, 2.24) is 10.2 Å². The fourth-order valence-corrected chi connectivity index (χ4v) is 3.64. The van der Waals surface area contributed by atoms with Crippen LogP contribution in [0.2, 0.25) is 0 Å². The van der Waals surface area contributed by atoms with Gasteiger partial charge in [0, 0.05) is 44.4 Å². The largest absolute Gasteiger partial charge is 0.381 e. The number of hydrogen-bond donors (Lipinski definition) is 2. The maximum atomic E-state index is 12.2. The van der Waals surface area contributed by atoms with E-state index in [9.17, 15) is 19.7 Å². The van der Waals surface area contributed by atoms with Gasteiger partial charge >= 0.3 is 11.8 Å². The van der Waals surface area contributed by atoms with E-state index >= 15 is 0 Å². The molecule has 0 aliphatic carbocycles. The molecule has 9 heteroatoms. The molecule has 0 radical (unpaired) electrons. The highest BCUT2D eigenvalue weighted by molar-refractivity contribution is 6.39. The Morgan fingerprint density at radius 1 is 1.25 bits per heavy atom. The normalized spacial score (nSPS) is 20.7. The number of carbonyl (C=O) groups is 2. The summed E-state index contributed by atoms with van der Waals surface area (Å²) in [5.41, 5.74) is 0.778. The van der Waals surface area contributed by atoms with Crippen LogP contribution in [0, 0.1) is 23.0 Å². The first-order valence-corrected chi connectivity index (χ1v) is 9.59. The van der Waals surface area contributed by atoms with E-state index in [2.05, 4.69) is 15.5 Å². The number of likely N-dealkylation sites (tertiary alicyclic amines) is 1. The van der Waals surface area contributed by atoms with Gasteiger partial charge in [-0.3, -0.25) is 19.7 Å². The number of nitrogens with one attached hydrogen (secondary N) is 2. The van der Waals surface area contributed by atoms with Crippen LogP contribution in [-0.2, 0) is 14.3 Å². The molecule has 1 atom stereocenters. The van der Waals surface area contributed by atoms with Crippen molar-refractivity contribution in [2.75, 3.05) is 38.2 Å². The van der Waals surface area contributed by atoms with Gasteiger partial charge in [-0.05, 0) is 37.7 Å². The van der Waals surface area contributed by atoms with E-state index in [0.29, 0.717) is 11.5 Å². The Balaban J connectivity index is 1.46. The smallest absolute Gasteiger partial charge is 0.313 e. The number of rotatable bonds is 5. The molecule has 0 bridgehead atoms. The Labute approximate surface area is 163 Å². The summed E-state index contributed by atoms with van der Waals surface area (Å²) in [5, 5.41) is 16.1. The maximum Gasteiger partial charge on any atom is 0.313 e. The van der Waals surface area contributed by atoms with Crippen molar-refractivity contribution in [3.63, 3.8) is 0 Å². The molecule has 2 saturated heterocycles. The predicted octanol–water partition coefficient (Wildman–Crippen LogP) is 1.46. The van der Waals surface area contributed by atoms with E-state index in [0.717, 1.165) is 52.1 Å². The third-order valence-corrected chi connectivity index (χ3v) is 5.35. The number of non-ortho nitro benzene ring substituents is 1. The van der Waals surface area contributed by atoms with E-state index in [-0.39, 0.29) is 17.4 Å². The van der Waals surface area contributed by atoms with E-state index in [1.807, 2.05) is 0 Å². The van der Waals surface area contributed by atoms with Gasteiger partial charge in [-0.25, -0.2) is 0 Å². The first-order valence-electron chi connectivity index (χ1n) is 9.59. The number of nitro benzene ring substituents is 1. The second-order valence-electron chi connectivity index (χ2n) is 7.49. The molecule has 2 aliphatic heterocycles. The molecule has 1 aromatic rings. The van der Waals surface area contributed by atoms with Crippen LogP contribution in [0.1, 0.15) is 24.8 Å². The second kappa shape index (κ2) is 9.11. The lowest BCUT2D eigenvalue weighted by Crippen LogP contribution is -2.48. The van der Waals surface area contributed by atoms with E-state index in [1.54, 1.807) is 6.92 Å². The minimum Gasteiger partial charge on any atom is -0.381 e. The molecule has 0 aromatic heterocycles. The molecular formula is C19H26N4O5. The monoisotopic (exact) mass is 390 g/mol. The van der Waals surface area contributed by atoms with Gasteiger partial charge in [0.15, 0.2) is 0 Å². The summed E-state index contributed by atoms with van der Waals surface area (Å²) in [5.74, 6) is -0.933. The van der Waals surface area contributed by atoms with E-state index in [4.69, 9.17) is 4.74 Å². The number of anilines is 1. The molecule has 9 nitrogen and oxygen atoms in total. The lowest BCUT2D eigenvalue weighted by molar-refractivity contribution is -0.384. The van der Waals surface area contributed by atoms with E-state index in [1.165, 1.54) is 18.2 Å². The van der Waals surface area contributed by atoms with Gasteiger partial charge in [-0.15, -0.1) is 0 Å². The number of aryl methyl sites for hydroxylation is 1. The van der Waals surface area contributed by atoms with Gasteiger partial charge in [0.2, 0.25) is 0 Å². The summed E-state index contributed by atoms with van der Waals surface area (Å²) in [6, 6.07) is 4.11. The minimum atomic E-state index is -0.811. The van der Waals surface area contributed by atoms with Crippen molar-refractivity contribution in [3.05, 3.63) is 33.9 Å². The van der Waals surface area contributed by atoms with Gasteiger partial charge in [0.05, 0.1) is 17.2 Å². The third kappa shape index (κ3) is 5.26. The molecule has 3 rings (SSSR count). The summed E-state index contributed by atoms with van der Waals surface area (Å²) in [6.07, 6.45) is 2.69. The number of carbonyl (C=O) groups excluding carboxylic acids is 2. The number of ether oxygens (including phenoxy) is 1. The van der Waals surface area contributed by atoms with Crippen molar-refractivity contribution in [2.45, 2.75) is 32.2 Å². The highest BCUT2D eigenvalue weighted by Gasteiger charge is 2.26. The molecule has 152 valence electrons. The molecule has 28 heavy (non-hydrogen) atoms. The van der Waals surface area contributed by atoms with Gasteiger partial charge in [-0.2, -0.15) is 0 Å². The number of benzene rings is 1. The Bertz CT molecular complexity index is 740. The summed E-state index contributed by atoms with van der Waals surface area (Å²) in [6.45, 7) is 6.17. The highest BCUT2D eigenvalue weighted by Crippen LogP contribution is 2.22. The SMILES string of the molecule is Cc1ccc([N+](=O)[O-])cc1NC(=O)C(=O)NC1CCN(CC2CCOC2)CC1. The Morgan fingerprint density at radius 2 is 2.00 bits per heavy atom. The van der Waals surface area contributed by atoms with Crippen LogP contribution in [0.15, 0.2) is 18.2 Å². The Hall–Kier alpha value is -2.52. The average molecular weight is 390 g/mol. The molecule has 2 aliphatic rings. The van der Waals surface area contributed by atoms with Crippen LogP contribution in [0.25, 0.3) is 0 Å². The van der Waals surface area contributed by atoms with Crippen LogP contribution in [-0.4, -0.2) is 60.5 Å². The summed E-state index contributed by atoms with van der Waals surface area (Å²) < 4.78 is 5.41. The number of amides is 2. The molecule has 1 aromatic carbocycles. The van der Waals surface area contributed by atoms with Gasteiger partial charge < -0.3 is 20.3 Å². The first kappa shape index (κ1) is 20.2. The number of hydrogen-bond acceptors (Lipinski definition) is 6. The standard InChI is InChI=1S/C19H26N4O5/c1-13-2-3-16(23(26)27)10-17(13)21-19(25)18(24)20-15-4-7-22(8-5-15)11-14-6-9-28-12-14/h2-3,10,14-15H,4-9,11-12H2,1H3,(H,20,24)(H,21,25). The minimum absolute atomic E-state index is 0.0412. The van der Waals surface area contributed by atoms with Crippen molar-refractivity contribution in [3.8, 4) is 0 Å². The lowest BCUT2D eigenvalue weighted by Gasteiger charge is -2.33. The fourth-order valence-electron chi connectivity index (χ4n) is 3.64. The van der Waals surface area contributed by atoms with Crippen LogP contribution in [0.3, 0.4) is 0 Å². The second-order valence-corrected chi connectivity index (χ2v) is 7.49. The quantitative estimate of drug-likeness (QED) is 0.447. The molecule has 2 amide bonds. The number of piperidine rings is 1. The third-order valence-electron chi connectivity index (χ3n) is 5.35. The molecule has 2 N–H and O–H groups in total. The molecular weight excluding hydrogens is 364 g/mol. The van der Waals surface area contributed by atoms with Crippen molar-refractivity contribution in [2.24, 2.45) is 5.92 Å². The van der Waals surface area contributed by atoms with Crippen molar-refractivity contribution < 1.29 is 19.2 Å². The number of nitrogens with zero attached hydrogens (tertiary/aromatic N) is 2.